The molecule has 0 fully saturated rings. The number of thioether (sulfide) groups is 1. The molecule has 4 rings (SSSR count). The van der Waals surface area contributed by atoms with E-state index in [0.29, 0.717) is 18.1 Å². The molecule has 1 N–H and O–H groups in total. The second-order valence-electron chi connectivity index (χ2n) is 7.84. The van der Waals surface area contributed by atoms with Crippen molar-refractivity contribution in [3.8, 4) is 12.3 Å². The van der Waals surface area contributed by atoms with E-state index in [-0.39, 0.29) is 23.8 Å². The average Bonchev–Trinajstić information content (AvgIpc) is 3.13. The molecule has 1 aliphatic carbocycles. The van der Waals surface area contributed by atoms with Gasteiger partial charge in [-0.05, 0) is 43.7 Å². The first-order valence-electron chi connectivity index (χ1n) is 10.4. The van der Waals surface area contributed by atoms with Crippen LogP contribution in [0.25, 0.3) is 10.2 Å². The predicted molar refractivity (Wildman–Crippen MR) is 128 cm³/mol. The number of rotatable bonds is 7. The zero-order valence-electron chi connectivity index (χ0n) is 17.6. The van der Waals surface area contributed by atoms with E-state index in [1.807, 2.05) is 31.2 Å². The van der Waals surface area contributed by atoms with Gasteiger partial charge in [-0.1, -0.05) is 35.7 Å². The van der Waals surface area contributed by atoms with E-state index in [1.165, 1.54) is 34.2 Å². The van der Waals surface area contributed by atoms with Crippen molar-refractivity contribution in [1.29, 1.82) is 0 Å². The third kappa shape index (κ3) is 5.03. The fraction of sp³-hybridized carbons (Fsp3) is 0.375. The van der Waals surface area contributed by atoms with Gasteiger partial charge in [-0.25, -0.2) is 4.98 Å². The molecule has 0 saturated carbocycles. The summed E-state index contributed by atoms with van der Waals surface area (Å²) in [7, 11) is 0. The van der Waals surface area contributed by atoms with E-state index >= 15 is 0 Å². The minimum Gasteiger partial charge on any atom is -0.327 e. The molecule has 2 aromatic heterocycles. The SMILES string of the molecule is C#CCN(Cc1ccc(C)cc1)C(=O)CSCc1nc2sc3c(c2c(=O)[nH]1)CCCC3. The zero-order valence-corrected chi connectivity index (χ0v) is 19.2. The third-order valence-corrected chi connectivity index (χ3v) is 7.58. The van der Waals surface area contributed by atoms with Gasteiger partial charge < -0.3 is 9.88 Å². The molecule has 2 heterocycles. The maximum Gasteiger partial charge on any atom is 0.259 e. The lowest BCUT2D eigenvalue weighted by Crippen LogP contribution is -2.32. The predicted octanol–water partition coefficient (Wildman–Crippen LogP) is 4.07. The Morgan fingerprint density at radius 2 is 2.06 bits per heavy atom. The monoisotopic (exact) mass is 451 g/mol. The van der Waals surface area contributed by atoms with E-state index in [1.54, 1.807) is 16.2 Å². The lowest BCUT2D eigenvalue weighted by Gasteiger charge is -2.20. The molecule has 0 radical (unpaired) electrons. The fourth-order valence-electron chi connectivity index (χ4n) is 3.86. The molecule has 31 heavy (non-hydrogen) atoms. The summed E-state index contributed by atoms with van der Waals surface area (Å²) in [5.74, 6) is 3.95. The zero-order chi connectivity index (χ0) is 21.8. The molecule has 1 aromatic carbocycles. The number of carbonyl (C=O) groups is 1. The summed E-state index contributed by atoms with van der Waals surface area (Å²) in [4.78, 5) is 36.8. The minimum atomic E-state index is -0.0559. The van der Waals surface area contributed by atoms with Crippen molar-refractivity contribution in [3.05, 3.63) is 62.0 Å². The van der Waals surface area contributed by atoms with Crippen molar-refractivity contribution in [2.45, 2.75) is 44.9 Å². The number of nitrogens with one attached hydrogen (secondary N) is 1. The molecule has 1 amide bonds. The van der Waals surface area contributed by atoms with E-state index in [4.69, 9.17) is 6.42 Å². The molecule has 7 heteroatoms. The van der Waals surface area contributed by atoms with Crippen LogP contribution >= 0.6 is 23.1 Å². The van der Waals surface area contributed by atoms with Gasteiger partial charge in [-0.3, -0.25) is 9.59 Å². The van der Waals surface area contributed by atoms with Gasteiger partial charge in [-0.15, -0.1) is 29.5 Å². The Morgan fingerprint density at radius 3 is 2.84 bits per heavy atom. The molecular weight excluding hydrogens is 426 g/mol. The highest BCUT2D eigenvalue weighted by Gasteiger charge is 2.20. The van der Waals surface area contributed by atoms with Gasteiger partial charge in [0.1, 0.15) is 10.7 Å². The number of thiophene rings is 1. The van der Waals surface area contributed by atoms with E-state index < -0.39 is 0 Å². The van der Waals surface area contributed by atoms with Crippen LogP contribution in [-0.4, -0.2) is 33.1 Å². The Labute approximate surface area is 190 Å². The van der Waals surface area contributed by atoms with Crippen molar-refractivity contribution in [1.82, 2.24) is 14.9 Å². The van der Waals surface area contributed by atoms with Crippen LogP contribution in [0.3, 0.4) is 0 Å². The Kier molecular flexibility index (Phi) is 6.79. The standard InChI is InChI=1S/C24H25N3O2S2/c1-3-12-27(13-17-10-8-16(2)9-11-17)21(28)15-30-14-20-25-23(29)22-18-6-4-5-7-19(18)31-24(22)26-20/h1,8-11H,4-7,12-15H2,2H3,(H,25,26,29). The average molecular weight is 452 g/mol. The number of amides is 1. The van der Waals surface area contributed by atoms with Crippen LogP contribution in [0.5, 0.6) is 0 Å². The summed E-state index contributed by atoms with van der Waals surface area (Å²) in [5, 5.41) is 0.766. The van der Waals surface area contributed by atoms with Gasteiger partial charge in [0.25, 0.3) is 5.56 Å². The number of fused-ring (bicyclic) bond motifs is 3. The second-order valence-corrected chi connectivity index (χ2v) is 9.91. The summed E-state index contributed by atoms with van der Waals surface area (Å²) < 4.78 is 0. The Hall–Kier alpha value is -2.56. The highest BCUT2D eigenvalue weighted by Crippen LogP contribution is 2.33. The molecule has 0 saturated heterocycles. The number of H-pyrrole nitrogens is 1. The van der Waals surface area contributed by atoms with Crippen LogP contribution in [0.15, 0.2) is 29.1 Å². The van der Waals surface area contributed by atoms with Crippen LogP contribution < -0.4 is 5.56 Å². The second kappa shape index (κ2) is 9.71. The molecule has 0 unspecified atom stereocenters. The van der Waals surface area contributed by atoms with Gasteiger partial charge in [0.15, 0.2) is 0 Å². The molecule has 0 aliphatic heterocycles. The van der Waals surface area contributed by atoms with Gasteiger partial charge in [-0.2, -0.15) is 0 Å². The molecule has 0 atom stereocenters. The Balaban J connectivity index is 1.40. The van der Waals surface area contributed by atoms with E-state index in [9.17, 15) is 9.59 Å². The lowest BCUT2D eigenvalue weighted by atomic mass is 9.97. The molecule has 160 valence electrons. The van der Waals surface area contributed by atoms with Crippen molar-refractivity contribution in [3.63, 3.8) is 0 Å². The Morgan fingerprint density at radius 1 is 1.29 bits per heavy atom. The van der Waals surface area contributed by atoms with Crippen LogP contribution in [0.1, 0.15) is 40.2 Å². The first-order valence-corrected chi connectivity index (χ1v) is 12.4. The van der Waals surface area contributed by atoms with Crippen molar-refractivity contribution < 1.29 is 4.79 Å². The highest BCUT2D eigenvalue weighted by atomic mass is 32.2. The smallest absolute Gasteiger partial charge is 0.259 e. The number of nitrogens with zero attached hydrogens (tertiary/aromatic N) is 2. The fourth-order valence-corrected chi connectivity index (χ4v) is 5.93. The molecule has 1 aliphatic rings. The summed E-state index contributed by atoms with van der Waals surface area (Å²) in [6.07, 6.45) is 9.80. The number of hydrogen-bond donors (Lipinski definition) is 1. The number of hydrogen-bond acceptors (Lipinski definition) is 5. The van der Waals surface area contributed by atoms with E-state index in [2.05, 4.69) is 15.9 Å². The van der Waals surface area contributed by atoms with Crippen LogP contribution in [0.2, 0.25) is 0 Å². The summed E-state index contributed by atoms with van der Waals surface area (Å²) in [6.45, 7) is 2.80. The van der Waals surface area contributed by atoms with Gasteiger partial charge in [0.05, 0.1) is 23.4 Å². The Bertz CT molecular complexity index is 1190. The normalized spacial score (nSPS) is 13.0. The molecule has 0 spiro atoms. The van der Waals surface area contributed by atoms with Gasteiger partial charge >= 0.3 is 0 Å². The molecule has 3 aromatic rings. The first kappa shape index (κ1) is 21.7. The topological polar surface area (TPSA) is 66.1 Å². The number of terminal acetylenes is 1. The highest BCUT2D eigenvalue weighted by molar-refractivity contribution is 7.99. The van der Waals surface area contributed by atoms with Crippen LogP contribution in [-0.2, 0) is 29.9 Å². The number of carbonyl (C=O) groups excluding carboxylic acids is 1. The first-order chi connectivity index (χ1) is 15.0. The maximum atomic E-state index is 12.7. The third-order valence-electron chi connectivity index (χ3n) is 5.47. The molecule has 5 nitrogen and oxygen atoms in total. The van der Waals surface area contributed by atoms with Crippen molar-refractivity contribution >= 4 is 39.2 Å². The van der Waals surface area contributed by atoms with Gasteiger partial charge in [0.2, 0.25) is 5.91 Å². The van der Waals surface area contributed by atoms with Crippen LogP contribution in [0, 0.1) is 19.3 Å². The largest absolute Gasteiger partial charge is 0.327 e. The number of aromatic nitrogens is 2. The molecular formula is C24H25N3O2S2. The number of aromatic amines is 1. The molecule has 0 bridgehead atoms. The van der Waals surface area contributed by atoms with E-state index in [0.717, 1.165) is 35.0 Å². The maximum absolute atomic E-state index is 12.7. The summed E-state index contributed by atoms with van der Waals surface area (Å²) in [5.41, 5.74) is 3.37. The van der Waals surface area contributed by atoms with Crippen molar-refractivity contribution in [2.24, 2.45) is 0 Å². The summed E-state index contributed by atoms with van der Waals surface area (Å²) in [6, 6.07) is 8.10. The summed E-state index contributed by atoms with van der Waals surface area (Å²) >= 11 is 3.09. The quantitative estimate of drug-likeness (QED) is 0.550. The van der Waals surface area contributed by atoms with Crippen LogP contribution in [0.4, 0.5) is 0 Å². The lowest BCUT2D eigenvalue weighted by molar-refractivity contribution is -0.128. The van der Waals surface area contributed by atoms with Crippen molar-refractivity contribution in [2.75, 3.05) is 12.3 Å². The minimum absolute atomic E-state index is 0.0152. The number of benzene rings is 1. The van der Waals surface area contributed by atoms with Gasteiger partial charge in [0, 0.05) is 11.4 Å². The number of aryl methyl sites for hydroxylation is 3.